The number of benzene rings is 1. The first kappa shape index (κ1) is 11.8. The van der Waals surface area contributed by atoms with Gasteiger partial charge in [0.2, 0.25) is 5.95 Å². The molecule has 1 atom stereocenters. The highest BCUT2D eigenvalue weighted by atomic mass is 79.9. The number of anilines is 1. The van der Waals surface area contributed by atoms with Gasteiger partial charge in [-0.25, -0.2) is 4.98 Å². The van der Waals surface area contributed by atoms with Crippen molar-refractivity contribution in [2.24, 2.45) is 5.92 Å². The Bertz CT molecular complexity index is 545. The summed E-state index contributed by atoms with van der Waals surface area (Å²) in [5, 5.41) is 9.54. The van der Waals surface area contributed by atoms with Gasteiger partial charge in [0.1, 0.15) is 5.52 Å². The molecule has 0 spiro atoms. The molecule has 5 heteroatoms. The number of aromatic nitrogens is 3. The van der Waals surface area contributed by atoms with E-state index in [0.717, 1.165) is 41.3 Å². The summed E-state index contributed by atoms with van der Waals surface area (Å²) in [6.45, 7) is 2.09. The zero-order chi connectivity index (χ0) is 12.4. The van der Waals surface area contributed by atoms with Crippen molar-refractivity contribution in [2.75, 3.05) is 23.3 Å². The highest BCUT2D eigenvalue weighted by molar-refractivity contribution is 9.09. The number of hydrogen-bond donors (Lipinski definition) is 0. The van der Waals surface area contributed by atoms with Crippen molar-refractivity contribution in [3.8, 4) is 0 Å². The third-order valence-electron chi connectivity index (χ3n) is 3.44. The topological polar surface area (TPSA) is 41.9 Å². The number of fused-ring (bicyclic) bond motifs is 1. The standard InChI is InChI=1S/C13H15BrN4/c14-7-5-10-6-8-18(9-10)13-15-11-3-1-2-4-12(11)16-17-13/h1-4,10H,5-9H2. The molecule has 0 amide bonds. The first-order valence-corrected chi connectivity index (χ1v) is 7.39. The van der Waals surface area contributed by atoms with Crippen LogP contribution in [0.3, 0.4) is 0 Å². The fraction of sp³-hybridized carbons (Fsp3) is 0.462. The second-order valence-corrected chi connectivity index (χ2v) is 5.47. The van der Waals surface area contributed by atoms with E-state index in [1.54, 1.807) is 0 Å². The van der Waals surface area contributed by atoms with Crippen LogP contribution in [0.25, 0.3) is 11.0 Å². The van der Waals surface area contributed by atoms with Crippen LogP contribution in [-0.2, 0) is 0 Å². The van der Waals surface area contributed by atoms with Gasteiger partial charge < -0.3 is 4.90 Å². The van der Waals surface area contributed by atoms with Crippen LogP contribution < -0.4 is 4.90 Å². The maximum Gasteiger partial charge on any atom is 0.245 e. The molecule has 1 unspecified atom stereocenters. The van der Waals surface area contributed by atoms with Gasteiger partial charge in [0, 0.05) is 18.4 Å². The normalized spacial score (nSPS) is 19.6. The lowest BCUT2D eigenvalue weighted by Gasteiger charge is -2.15. The van der Waals surface area contributed by atoms with E-state index in [2.05, 4.69) is 36.0 Å². The maximum atomic E-state index is 4.59. The number of halogens is 1. The summed E-state index contributed by atoms with van der Waals surface area (Å²) in [4.78, 5) is 6.84. The van der Waals surface area contributed by atoms with Crippen molar-refractivity contribution in [2.45, 2.75) is 12.8 Å². The number of alkyl halides is 1. The summed E-state index contributed by atoms with van der Waals surface area (Å²) < 4.78 is 0. The van der Waals surface area contributed by atoms with Gasteiger partial charge in [-0.15, -0.1) is 10.2 Å². The average molecular weight is 307 g/mol. The lowest BCUT2D eigenvalue weighted by molar-refractivity contribution is 0.575. The lowest BCUT2D eigenvalue weighted by atomic mass is 10.1. The number of hydrogen-bond acceptors (Lipinski definition) is 4. The molecule has 1 aromatic heterocycles. The molecule has 1 aromatic carbocycles. The van der Waals surface area contributed by atoms with Gasteiger partial charge in [-0.3, -0.25) is 0 Å². The summed E-state index contributed by atoms with van der Waals surface area (Å²) in [5.74, 6) is 1.52. The van der Waals surface area contributed by atoms with Crippen LogP contribution in [-0.4, -0.2) is 33.6 Å². The average Bonchev–Trinajstić information content (AvgIpc) is 2.87. The number of para-hydroxylation sites is 1. The van der Waals surface area contributed by atoms with Crippen LogP contribution in [0.4, 0.5) is 5.95 Å². The smallest absolute Gasteiger partial charge is 0.245 e. The Morgan fingerprint density at radius 2 is 2.06 bits per heavy atom. The van der Waals surface area contributed by atoms with Crippen molar-refractivity contribution in [1.82, 2.24) is 15.2 Å². The highest BCUT2D eigenvalue weighted by Gasteiger charge is 2.24. The van der Waals surface area contributed by atoms with E-state index in [1.165, 1.54) is 12.8 Å². The SMILES string of the molecule is BrCCC1CCN(c2nnc3ccccc3n2)C1. The van der Waals surface area contributed by atoms with Crippen LogP contribution in [0.15, 0.2) is 24.3 Å². The Balaban J connectivity index is 1.82. The third-order valence-corrected chi connectivity index (χ3v) is 3.89. The summed E-state index contributed by atoms with van der Waals surface area (Å²) in [6, 6.07) is 7.87. The zero-order valence-corrected chi connectivity index (χ0v) is 11.7. The summed E-state index contributed by atoms with van der Waals surface area (Å²) in [7, 11) is 0. The molecule has 0 N–H and O–H groups in total. The first-order valence-electron chi connectivity index (χ1n) is 6.27. The predicted octanol–water partition coefficient (Wildman–Crippen LogP) is 2.64. The molecule has 4 nitrogen and oxygen atoms in total. The predicted molar refractivity (Wildman–Crippen MR) is 76.1 cm³/mol. The fourth-order valence-corrected chi connectivity index (χ4v) is 3.06. The summed E-state index contributed by atoms with van der Waals surface area (Å²) in [5.41, 5.74) is 1.78. The van der Waals surface area contributed by atoms with Crippen LogP contribution in [0, 0.1) is 5.92 Å². The molecular formula is C13H15BrN4. The van der Waals surface area contributed by atoms with Crippen molar-refractivity contribution in [1.29, 1.82) is 0 Å². The fourth-order valence-electron chi connectivity index (χ4n) is 2.41. The number of nitrogens with zero attached hydrogens (tertiary/aromatic N) is 4. The number of rotatable bonds is 3. The van der Waals surface area contributed by atoms with Gasteiger partial charge in [0.25, 0.3) is 0 Å². The largest absolute Gasteiger partial charge is 0.339 e. The molecule has 0 aliphatic carbocycles. The molecule has 2 aromatic rings. The minimum atomic E-state index is 0.749. The molecular weight excluding hydrogens is 292 g/mol. The van der Waals surface area contributed by atoms with Gasteiger partial charge in [-0.05, 0) is 30.9 Å². The monoisotopic (exact) mass is 306 g/mol. The van der Waals surface area contributed by atoms with Gasteiger partial charge in [-0.1, -0.05) is 28.1 Å². The molecule has 3 rings (SSSR count). The molecule has 1 aliphatic rings. The molecule has 1 aliphatic heterocycles. The Hall–Kier alpha value is -1.23. The van der Waals surface area contributed by atoms with Crippen molar-refractivity contribution < 1.29 is 0 Å². The van der Waals surface area contributed by atoms with Gasteiger partial charge >= 0.3 is 0 Å². The van der Waals surface area contributed by atoms with E-state index in [9.17, 15) is 0 Å². The maximum absolute atomic E-state index is 4.59. The summed E-state index contributed by atoms with van der Waals surface area (Å²) in [6.07, 6.45) is 2.44. The molecule has 0 radical (unpaired) electrons. The Labute approximate surface area is 115 Å². The molecule has 2 heterocycles. The molecule has 0 saturated carbocycles. The molecule has 18 heavy (non-hydrogen) atoms. The second-order valence-electron chi connectivity index (χ2n) is 4.68. The Morgan fingerprint density at radius 1 is 1.22 bits per heavy atom. The molecule has 1 fully saturated rings. The van der Waals surface area contributed by atoms with Crippen molar-refractivity contribution in [3.05, 3.63) is 24.3 Å². The highest BCUT2D eigenvalue weighted by Crippen LogP contribution is 2.24. The van der Waals surface area contributed by atoms with E-state index < -0.39 is 0 Å². The van der Waals surface area contributed by atoms with Crippen LogP contribution >= 0.6 is 15.9 Å². The minimum Gasteiger partial charge on any atom is -0.339 e. The summed E-state index contributed by atoms with van der Waals surface area (Å²) >= 11 is 3.51. The minimum absolute atomic E-state index is 0.749. The lowest BCUT2D eigenvalue weighted by Crippen LogP contribution is -2.22. The van der Waals surface area contributed by atoms with E-state index in [4.69, 9.17) is 0 Å². The van der Waals surface area contributed by atoms with E-state index in [0.29, 0.717) is 0 Å². The quantitative estimate of drug-likeness (QED) is 0.818. The van der Waals surface area contributed by atoms with Gasteiger partial charge in [0.15, 0.2) is 0 Å². The van der Waals surface area contributed by atoms with Gasteiger partial charge in [0.05, 0.1) is 5.52 Å². The zero-order valence-electron chi connectivity index (χ0n) is 10.1. The van der Waals surface area contributed by atoms with E-state index in [-0.39, 0.29) is 0 Å². The Morgan fingerprint density at radius 3 is 2.89 bits per heavy atom. The Kier molecular flexibility index (Phi) is 3.41. The molecule has 0 bridgehead atoms. The van der Waals surface area contributed by atoms with E-state index >= 15 is 0 Å². The van der Waals surface area contributed by atoms with Gasteiger partial charge in [-0.2, -0.15) is 0 Å². The third kappa shape index (κ3) is 2.32. The first-order chi connectivity index (χ1) is 8.86. The second kappa shape index (κ2) is 5.18. The van der Waals surface area contributed by atoms with Crippen LogP contribution in [0.2, 0.25) is 0 Å². The van der Waals surface area contributed by atoms with Crippen molar-refractivity contribution in [3.63, 3.8) is 0 Å². The molecule has 1 saturated heterocycles. The van der Waals surface area contributed by atoms with Crippen LogP contribution in [0.1, 0.15) is 12.8 Å². The van der Waals surface area contributed by atoms with E-state index in [1.807, 2.05) is 24.3 Å². The van der Waals surface area contributed by atoms with Crippen LogP contribution in [0.5, 0.6) is 0 Å². The van der Waals surface area contributed by atoms with Crippen molar-refractivity contribution >= 4 is 32.9 Å². The molecule has 94 valence electrons.